The van der Waals surface area contributed by atoms with Crippen LogP contribution in [0.4, 0.5) is 0 Å². The van der Waals surface area contributed by atoms with Crippen LogP contribution in [0, 0.1) is 13.8 Å². The minimum absolute atomic E-state index is 0.383. The highest BCUT2D eigenvalue weighted by Crippen LogP contribution is 2.33. The molecular weight excluding hydrogens is 544 g/mol. The van der Waals surface area contributed by atoms with E-state index in [2.05, 4.69) is 50.2 Å². The molecule has 0 N–H and O–H groups in total. The van der Waals surface area contributed by atoms with Gasteiger partial charge in [0.25, 0.3) is 0 Å². The van der Waals surface area contributed by atoms with Gasteiger partial charge in [0, 0.05) is 10.8 Å². The number of benzene rings is 6. The largest absolute Gasteiger partial charge is 0.422 e. The zero-order valence-electron chi connectivity index (χ0n) is 24.2. The second-order valence-corrected chi connectivity index (χ2v) is 11.5. The zero-order chi connectivity index (χ0) is 29.9. The van der Waals surface area contributed by atoms with Crippen molar-refractivity contribution in [2.45, 2.75) is 13.8 Å². The topological polar surface area (TPSA) is 60.4 Å². The van der Waals surface area contributed by atoms with E-state index in [1.54, 1.807) is 0 Å². The average Bonchev–Trinajstić information content (AvgIpc) is 3.04. The Labute approximate surface area is 252 Å². The molecule has 0 unspecified atom stereocenters. The van der Waals surface area contributed by atoms with Crippen LogP contribution >= 0.6 is 0 Å². The van der Waals surface area contributed by atoms with Crippen LogP contribution in [0.15, 0.2) is 140 Å². The molecule has 0 amide bonds. The van der Waals surface area contributed by atoms with Gasteiger partial charge in [0.05, 0.1) is 11.1 Å². The van der Waals surface area contributed by atoms with E-state index in [1.807, 2.05) is 84.9 Å². The first-order valence-corrected chi connectivity index (χ1v) is 14.6. The molecule has 2 aromatic heterocycles. The van der Waals surface area contributed by atoms with Crippen molar-refractivity contribution in [1.29, 1.82) is 0 Å². The first-order valence-electron chi connectivity index (χ1n) is 14.6. The van der Waals surface area contributed by atoms with Gasteiger partial charge < -0.3 is 8.83 Å². The van der Waals surface area contributed by atoms with E-state index in [9.17, 15) is 9.59 Å². The number of rotatable bonds is 3. The number of hydrogen-bond donors (Lipinski definition) is 0. The van der Waals surface area contributed by atoms with Crippen LogP contribution in [0.5, 0.6) is 0 Å². The van der Waals surface area contributed by atoms with Crippen LogP contribution in [0.3, 0.4) is 0 Å². The molecule has 8 rings (SSSR count). The first-order chi connectivity index (χ1) is 21.4. The maximum atomic E-state index is 13.2. The van der Waals surface area contributed by atoms with Crippen LogP contribution in [0.2, 0.25) is 0 Å². The Morgan fingerprint density at radius 1 is 0.409 bits per heavy atom. The lowest BCUT2D eigenvalue weighted by atomic mass is 9.95. The van der Waals surface area contributed by atoms with Gasteiger partial charge in [-0.1, -0.05) is 96.1 Å². The maximum absolute atomic E-state index is 13.2. The van der Waals surface area contributed by atoms with Crippen molar-refractivity contribution in [3.63, 3.8) is 0 Å². The average molecular weight is 571 g/mol. The van der Waals surface area contributed by atoms with Crippen LogP contribution in [-0.2, 0) is 0 Å². The standard InChI is InChI=1S/C40H26O4/c1-23-9-13-31-29(17-23)11-15-37-35(31)21-33(39(41)43-37)27-7-3-5-25(19-27)26-6-4-8-28(20-26)34-22-36-32-14-10-24(2)18-30(32)12-16-38(36)44-40(34)42/h3-22H,1-2H3. The van der Waals surface area contributed by atoms with Gasteiger partial charge in [0.15, 0.2) is 0 Å². The van der Waals surface area contributed by atoms with Gasteiger partial charge in [-0.2, -0.15) is 0 Å². The van der Waals surface area contributed by atoms with Crippen molar-refractivity contribution < 1.29 is 8.83 Å². The smallest absolute Gasteiger partial charge is 0.344 e. The predicted octanol–water partition coefficient (Wildman–Crippen LogP) is 9.82. The Hall–Kier alpha value is -5.74. The molecule has 0 saturated heterocycles. The molecule has 2 heterocycles. The SMILES string of the molecule is Cc1ccc2c(ccc3oc(=O)c(-c4cccc(-c5cccc(-c6cc7c(ccc8cc(C)ccc87)oc6=O)c5)c4)cc32)c1. The summed E-state index contributed by atoms with van der Waals surface area (Å²) in [5, 5.41) is 6.08. The van der Waals surface area contributed by atoms with Gasteiger partial charge in [0.2, 0.25) is 0 Å². The summed E-state index contributed by atoms with van der Waals surface area (Å²) in [5.41, 5.74) is 7.08. The lowest BCUT2D eigenvalue weighted by Gasteiger charge is -2.10. The van der Waals surface area contributed by atoms with Crippen molar-refractivity contribution in [1.82, 2.24) is 0 Å². The van der Waals surface area contributed by atoms with Gasteiger partial charge in [-0.25, -0.2) is 9.59 Å². The second kappa shape index (κ2) is 9.92. The van der Waals surface area contributed by atoms with Gasteiger partial charge in [0.1, 0.15) is 11.2 Å². The highest BCUT2D eigenvalue weighted by atomic mass is 16.4. The maximum Gasteiger partial charge on any atom is 0.344 e. The molecule has 4 nitrogen and oxygen atoms in total. The van der Waals surface area contributed by atoms with E-state index in [0.717, 1.165) is 54.6 Å². The van der Waals surface area contributed by atoms with E-state index in [4.69, 9.17) is 8.83 Å². The normalized spacial score (nSPS) is 11.6. The highest BCUT2D eigenvalue weighted by molar-refractivity contribution is 6.07. The Morgan fingerprint density at radius 2 is 0.841 bits per heavy atom. The molecule has 0 aliphatic rings. The fraction of sp³-hybridized carbons (Fsp3) is 0.0500. The van der Waals surface area contributed by atoms with E-state index >= 15 is 0 Å². The molecule has 0 radical (unpaired) electrons. The summed E-state index contributed by atoms with van der Waals surface area (Å²) >= 11 is 0. The molecular formula is C40H26O4. The molecule has 210 valence electrons. The fourth-order valence-electron chi connectivity index (χ4n) is 6.23. The monoisotopic (exact) mass is 570 g/mol. The quantitative estimate of drug-likeness (QED) is 0.157. The molecule has 0 aliphatic carbocycles. The third-order valence-corrected chi connectivity index (χ3v) is 8.46. The summed E-state index contributed by atoms with van der Waals surface area (Å²) in [4.78, 5) is 26.3. The van der Waals surface area contributed by atoms with Crippen molar-refractivity contribution in [2.24, 2.45) is 0 Å². The lowest BCUT2D eigenvalue weighted by Crippen LogP contribution is -2.03. The fourth-order valence-corrected chi connectivity index (χ4v) is 6.23. The number of fused-ring (bicyclic) bond motifs is 6. The molecule has 0 spiro atoms. The molecule has 0 atom stereocenters. The summed E-state index contributed by atoms with van der Waals surface area (Å²) in [6.45, 7) is 4.13. The molecule has 0 bridgehead atoms. The summed E-state index contributed by atoms with van der Waals surface area (Å²) in [6, 6.07) is 39.8. The van der Waals surface area contributed by atoms with Crippen LogP contribution in [0.25, 0.3) is 76.9 Å². The second-order valence-electron chi connectivity index (χ2n) is 11.5. The van der Waals surface area contributed by atoms with Gasteiger partial charge >= 0.3 is 11.3 Å². The van der Waals surface area contributed by atoms with Crippen molar-refractivity contribution >= 4 is 43.5 Å². The van der Waals surface area contributed by atoms with E-state index in [1.165, 1.54) is 11.1 Å². The first kappa shape index (κ1) is 25.9. The third-order valence-electron chi connectivity index (χ3n) is 8.46. The van der Waals surface area contributed by atoms with Gasteiger partial charge in [-0.15, -0.1) is 0 Å². The van der Waals surface area contributed by atoms with Crippen LogP contribution < -0.4 is 11.3 Å². The lowest BCUT2D eigenvalue weighted by molar-refractivity contribution is 0.563. The molecule has 0 aliphatic heterocycles. The predicted molar refractivity (Wildman–Crippen MR) is 179 cm³/mol. The third kappa shape index (κ3) is 4.31. The van der Waals surface area contributed by atoms with Crippen molar-refractivity contribution in [3.05, 3.63) is 153 Å². The summed E-state index contributed by atoms with van der Waals surface area (Å²) in [6.07, 6.45) is 0. The number of hydrogen-bond acceptors (Lipinski definition) is 4. The summed E-state index contributed by atoms with van der Waals surface area (Å²) < 4.78 is 11.6. The van der Waals surface area contributed by atoms with Crippen molar-refractivity contribution in [3.8, 4) is 33.4 Å². The van der Waals surface area contributed by atoms with E-state index in [0.29, 0.717) is 22.3 Å². The van der Waals surface area contributed by atoms with E-state index in [-0.39, 0.29) is 11.3 Å². The number of aryl methyl sites for hydroxylation is 2. The Balaban J connectivity index is 1.24. The van der Waals surface area contributed by atoms with E-state index < -0.39 is 0 Å². The molecule has 0 saturated carbocycles. The Kier molecular flexibility index (Phi) is 5.85. The zero-order valence-corrected chi connectivity index (χ0v) is 24.2. The van der Waals surface area contributed by atoms with Gasteiger partial charge in [-0.3, -0.25) is 0 Å². The molecule has 8 aromatic rings. The molecule has 44 heavy (non-hydrogen) atoms. The molecule has 4 heteroatoms. The Bertz CT molecular complexity index is 2390. The summed E-state index contributed by atoms with van der Waals surface area (Å²) in [5.74, 6) is 0. The highest BCUT2D eigenvalue weighted by Gasteiger charge is 2.14. The minimum atomic E-state index is -0.383. The van der Waals surface area contributed by atoms with Crippen molar-refractivity contribution in [2.75, 3.05) is 0 Å². The van der Waals surface area contributed by atoms with Gasteiger partial charge in [-0.05, 0) is 94.0 Å². The van der Waals surface area contributed by atoms with Crippen LogP contribution in [0.1, 0.15) is 11.1 Å². The molecule has 6 aromatic carbocycles. The summed E-state index contributed by atoms with van der Waals surface area (Å²) in [7, 11) is 0. The molecule has 0 fully saturated rings. The van der Waals surface area contributed by atoms with Crippen LogP contribution in [-0.4, -0.2) is 0 Å². The Morgan fingerprint density at radius 3 is 1.30 bits per heavy atom. The minimum Gasteiger partial charge on any atom is -0.422 e.